The summed E-state index contributed by atoms with van der Waals surface area (Å²) in [7, 11) is 0. The number of phenolic OH excluding ortho intramolecular Hbond substituents is 1. The van der Waals surface area contributed by atoms with Crippen molar-refractivity contribution in [2.75, 3.05) is 18.4 Å². The first-order valence-corrected chi connectivity index (χ1v) is 13.2. The number of ketones is 2. The quantitative estimate of drug-likeness (QED) is 0.175. The summed E-state index contributed by atoms with van der Waals surface area (Å²) >= 11 is 0. The Bertz CT molecular complexity index is 1440. The van der Waals surface area contributed by atoms with Crippen LogP contribution in [0.1, 0.15) is 48.2 Å². The lowest BCUT2D eigenvalue weighted by Crippen LogP contribution is -2.64. The molecule has 0 aromatic heterocycles. The number of carbonyl (C=O) groups excluding carboxylic acids is 4. The highest BCUT2D eigenvalue weighted by Crippen LogP contribution is 2.53. The third-order valence-corrected chi connectivity index (χ3v) is 8.44. The first-order valence-electron chi connectivity index (χ1n) is 13.2. The molecule has 40 heavy (non-hydrogen) atoms. The molecule has 1 aromatic carbocycles. The van der Waals surface area contributed by atoms with Crippen LogP contribution >= 0.6 is 0 Å². The number of hydrogen-bond acceptors (Lipinski definition) is 10. The lowest BCUT2D eigenvalue weighted by molar-refractivity contribution is -0.146. The number of benzene rings is 1. The van der Waals surface area contributed by atoms with Gasteiger partial charge in [-0.3, -0.25) is 19.2 Å². The van der Waals surface area contributed by atoms with Crippen molar-refractivity contribution in [2.45, 2.75) is 57.2 Å². The van der Waals surface area contributed by atoms with Gasteiger partial charge in [-0.2, -0.15) is 0 Å². The Morgan fingerprint density at radius 1 is 1.12 bits per heavy atom. The summed E-state index contributed by atoms with van der Waals surface area (Å²) in [6.07, 6.45) is 0.337. The van der Waals surface area contributed by atoms with Crippen molar-refractivity contribution in [3.8, 4) is 5.75 Å². The maximum absolute atomic E-state index is 16.0. The molecule has 3 aliphatic carbocycles. The number of carbonyl (C=O) groups is 4. The molecule has 9 N–H and O–H groups in total. The molecule has 214 valence electrons. The summed E-state index contributed by atoms with van der Waals surface area (Å²) in [4.78, 5) is 51.7. The lowest BCUT2D eigenvalue weighted by Gasteiger charge is -2.48. The van der Waals surface area contributed by atoms with Crippen molar-refractivity contribution >= 4 is 29.1 Å². The van der Waals surface area contributed by atoms with E-state index in [-0.39, 0.29) is 42.6 Å². The van der Waals surface area contributed by atoms with Gasteiger partial charge in [-0.05, 0) is 38.3 Å². The van der Waals surface area contributed by atoms with E-state index in [0.29, 0.717) is 6.54 Å². The van der Waals surface area contributed by atoms with Crippen molar-refractivity contribution in [3.05, 3.63) is 45.2 Å². The SMILES string of the molecule is CCCNC1Cc2c(F)c3c(c(O)c2NC1=O)C(=O)C1=C(O)[C@]2(O)C(=O)C(C(N)=O)=C(O)[C@@H](NCC)[C@@H]2C[C@@H]1C3. The number of likely N-dealkylation sites (N-methyl/N-ethyl adjacent to an activating group) is 1. The van der Waals surface area contributed by atoms with Gasteiger partial charge in [0, 0.05) is 29.0 Å². The minimum absolute atomic E-state index is 0.0336. The fraction of sp³-hybridized carbons (Fsp3) is 0.481. The van der Waals surface area contributed by atoms with Crippen LogP contribution in [0.15, 0.2) is 22.7 Å². The number of hydrogen-bond donors (Lipinski definition) is 8. The minimum Gasteiger partial charge on any atom is -0.510 e. The number of aliphatic hydroxyl groups is 3. The molecule has 0 radical (unpaired) electrons. The molecule has 0 saturated carbocycles. The zero-order valence-corrected chi connectivity index (χ0v) is 21.9. The highest BCUT2D eigenvalue weighted by molar-refractivity contribution is 6.25. The molecule has 1 heterocycles. The summed E-state index contributed by atoms with van der Waals surface area (Å²) < 4.78 is 16.0. The Labute approximate surface area is 228 Å². The highest BCUT2D eigenvalue weighted by Gasteiger charge is 2.63. The highest BCUT2D eigenvalue weighted by atomic mass is 19.1. The molecule has 12 nitrogen and oxygen atoms in total. The number of rotatable bonds is 6. The van der Waals surface area contributed by atoms with Crippen LogP contribution in [0.2, 0.25) is 0 Å². The van der Waals surface area contributed by atoms with Crippen LogP contribution in [-0.4, -0.2) is 74.6 Å². The summed E-state index contributed by atoms with van der Waals surface area (Å²) in [6, 6.07) is -1.93. The van der Waals surface area contributed by atoms with Crippen LogP contribution in [0.3, 0.4) is 0 Å². The normalized spacial score (nSPS) is 29.4. The number of phenols is 1. The lowest BCUT2D eigenvalue weighted by atomic mass is 9.58. The van der Waals surface area contributed by atoms with Crippen molar-refractivity contribution in [2.24, 2.45) is 17.6 Å². The fourth-order valence-electron chi connectivity index (χ4n) is 6.60. The molecule has 1 aromatic rings. The Hall–Kier alpha value is -3.81. The fourth-order valence-corrected chi connectivity index (χ4v) is 6.60. The Morgan fingerprint density at radius 2 is 1.82 bits per heavy atom. The molecule has 0 saturated heterocycles. The van der Waals surface area contributed by atoms with E-state index in [1.165, 1.54) is 0 Å². The average Bonchev–Trinajstić information content (AvgIpc) is 2.90. The first kappa shape index (κ1) is 27.7. The molecular formula is C27H31FN4O8. The van der Waals surface area contributed by atoms with E-state index in [1.807, 2.05) is 6.92 Å². The number of nitrogens with two attached hydrogens (primary N) is 1. The standard InChI is InChI=1S/C27H31FN4O8/c1-3-5-31-13-8-11-17(28)10-6-9-7-12-19(30-4-2)22(35)16(25(29)38)24(37)27(12,40)23(36)14(9)20(33)15(10)21(34)18(11)32-26(13)39/h9,12-13,19,30-31,34-36,40H,3-8H2,1-2H3,(H2,29,38)(H,32,39)/t9-,12-,13?,19-,27-/m0/s1. The van der Waals surface area contributed by atoms with E-state index in [9.17, 15) is 39.6 Å². The van der Waals surface area contributed by atoms with Crippen molar-refractivity contribution in [3.63, 3.8) is 0 Å². The van der Waals surface area contributed by atoms with Crippen LogP contribution in [0.4, 0.5) is 10.1 Å². The second-order valence-electron chi connectivity index (χ2n) is 10.7. The molecule has 5 atom stereocenters. The Kier molecular flexibility index (Phi) is 6.71. The second kappa shape index (κ2) is 9.68. The molecule has 13 heteroatoms. The molecule has 0 spiro atoms. The van der Waals surface area contributed by atoms with E-state index in [1.54, 1.807) is 6.92 Å². The zero-order valence-electron chi connectivity index (χ0n) is 21.9. The Morgan fingerprint density at radius 3 is 2.45 bits per heavy atom. The number of allylic oxidation sites excluding steroid dienone is 1. The van der Waals surface area contributed by atoms with Crippen molar-refractivity contribution in [1.82, 2.24) is 10.6 Å². The maximum atomic E-state index is 16.0. The minimum atomic E-state index is -2.79. The van der Waals surface area contributed by atoms with Crippen LogP contribution in [0, 0.1) is 17.7 Å². The number of anilines is 1. The maximum Gasteiger partial charge on any atom is 0.255 e. The number of aliphatic hydroxyl groups excluding tert-OH is 2. The van der Waals surface area contributed by atoms with Crippen LogP contribution < -0.4 is 21.7 Å². The molecule has 0 fully saturated rings. The van der Waals surface area contributed by atoms with Crippen LogP contribution in [0.25, 0.3) is 0 Å². The summed E-state index contributed by atoms with van der Waals surface area (Å²) in [5.74, 6) is -9.56. The number of aromatic hydroxyl groups is 1. The van der Waals surface area contributed by atoms with Crippen LogP contribution in [0.5, 0.6) is 5.75 Å². The molecule has 1 unspecified atom stereocenters. The predicted octanol–water partition coefficient (Wildman–Crippen LogP) is 0.170. The average molecular weight is 559 g/mol. The number of amides is 2. The first-order chi connectivity index (χ1) is 18.9. The molecule has 1 aliphatic heterocycles. The van der Waals surface area contributed by atoms with Crippen molar-refractivity contribution < 1.29 is 44.0 Å². The van der Waals surface area contributed by atoms with Crippen LogP contribution in [-0.2, 0) is 27.2 Å². The molecule has 4 aliphatic rings. The number of primary amides is 1. The predicted molar refractivity (Wildman–Crippen MR) is 138 cm³/mol. The third-order valence-electron chi connectivity index (χ3n) is 8.44. The largest absolute Gasteiger partial charge is 0.510 e. The Balaban J connectivity index is 1.66. The topological polar surface area (TPSA) is 211 Å². The van der Waals surface area contributed by atoms with E-state index < -0.39 is 92.7 Å². The van der Waals surface area contributed by atoms with Gasteiger partial charge in [-0.15, -0.1) is 0 Å². The molecular weight excluding hydrogens is 527 g/mol. The van der Waals surface area contributed by atoms with Crippen molar-refractivity contribution in [1.29, 1.82) is 0 Å². The van der Waals surface area contributed by atoms with Gasteiger partial charge in [-0.1, -0.05) is 13.8 Å². The van der Waals surface area contributed by atoms with Gasteiger partial charge in [-0.25, -0.2) is 4.39 Å². The zero-order chi connectivity index (χ0) is 29.3. The number of fused-ring (bicyclic) bond motifs is 4. The van der Waals surface area contributed by atoms with Gasteiger partial charge in [0.1, 0.15) is 22.9 Å². The van der Waals surface area contributed by atoms with Gasteiger partial charge >= 0.3 is 0 Å². The molecule has 0 bridgehead atoms. The second-order valence-corrected chi connectivity index (χ2v) is 10.7. The summed E-state index contributed by atoms with van der Waals surface area (Å²) in [6.45, 7) is 4.33. The van der Waals surface area contributed by atoms with Gasteiger partial charge < -0.3 is 42.1 Å². The molecule has 5 rings (SSSR count). The van der Waals surface area contributed by atoms with Gasteiger partial charge in [0.2, 0.25) is 11.7 Å². The van der Waals surface area contributed by atoms with E-state index in [0.717, 1.165) is 6.42 Å². The summed E-state index contributed by atoms with van der Waals surface area (Å²) in [5.41, 5.74) is 0.372. The number of Topliss-reactive ketones (excluding diaryl/α,β-unsaturated/α-hetero) is 2. The molecule has 2 amide bonds. The van der Waals surface area contributed by atoms with Gasteiger partial charge in [0.05, 0.1) is 23.3 Å². The van der Waals surface area contributed by atoms with E-state index >= 15 is 4.39 Å². The van der Waals surface area contributed by atoms with E-state index in [2.05, 4.69) is 16.0 Å². The third kappa shape index (κ3) is 3.68. The smallest absolute Gasteiger partial charge is 0.255 e. The van der Waals surface area contributed by atoms with Gasteiger partial charge in [0.25, 0.3) is 5.91 Å². The van der Waals surface area contributed by atoms with Gasteiger partial charge in [0.15, 0.2) is 17.1 Å². The number of nitrogens with one attached hydrogen (secondary N) is 3. The monoisotopic (exact) mass is 558 g/mol. The number of halogens is 1. The van der Waals surface area contributed by atoms with E-state index in [4.69, 9.17) is 5.73 Å². The summed E-state index contributed by atoms with van der Waals surface area (Å²) in [5, 5.41) is 53.1.